The number of fused-ring (bicyclic) bond motifs is 1. The third-order valence-corrected chi connectivity index (χ3v) is 4.63. The summed E-state index contributed by atoms with van der Waals surface area (Å²) in [6, 6.07) is 12.0. The van der Waals surface area contributed by atoms with Gasteiger partial charge in [0, 0.05) is 17.3 Å². The molecule has 32 heavy (non-hydrogen) atoms. The summed E-state index contributed by atoms with van der Waals surface area (Å²) >= 11 is 0. The highest BCUT2D eigenvalue weighted by molar-refractivity contribution is 5.85. The zero-order valence-electron chi connectivity index (χ0n) is 17.3. The van der Waals surface area contributed by atoms with Crippen molar-refractivity contribution in [2.75, 3.05) is 13.2 Å². The van der Waals surface area contributed by atoms with Gasteiger partial charge in [0.05, 0.1) is 25.1 Å². The number of aromatic nitrogens is 1. The fourth-order valence-electron chi connectivity index (χ4n) is 3.10. The van der Waals surface area contributed by atoms with Crippen LogP contribution in [0.5, 0.6) is 0 Å². The Morgan fingerprint density at radius 1 is 1.09 bits per heavy atom. The number of carbonyl (C=O) groups excluding carboxylic acids is 2. The molecule has 1 heterocycles. The first-order valence-electron chi connectivity index (χ1n) is 9.92. The molecule has 2 aromatic carbocycles. The van der Waals surface area contributed by atoms with E-state index in [-0.39, 0.29) is 31.4 Å². The fraction of sp³-hybridized carbons (Fsp3) is 0.250. The Morgan fingerprint density at radius 2 is 1.84 bits per heavy atom. The van der Waals surface area contributed by atoms with Gasteiger partial charge in [0.2, 0.25) is 5.91 Å². The van der Waals surface area contributed by atoms with Crippen molar-refractivity contribution in [1.82, 2.24) is 9.88 Å². The van der Waals surface area contributed by atoms with E-state index in [0.29, 0.717) is 12.2 Å². The van der Waals surface area contributed by atoms with Gasteiger partial charge in [-0.05, 0) is 54.3 Å². The summed E-state index contributed by atoms with van der Waals surface area (Å²) in [7, 11) is 0. The number of carbonyl (C=O) groups is 2. The number of amides is 1. The number of esters is 1. The second-order valence-corrected chi connectivity index (χ2v) is 6.97. The van der Waals surface area contributed by atoms with E-state index in [0.717, 1.165) is 28.6 Å². The minimum absolute atomic E-state index is 0.0708. The average molecular weight is 442 g/mol. The van der Waals surface area contributed by atoms with Crippen LogP contribution in [0, 0.1) is 11.8 Å². The lowest BCUT2D eigenvalue weighted by Crippen LogP contribution is -2.25. The Morgan fingerprint density at radius 3 is 2.53 bits per heavy atom. The van der Waals surface area contributed by atoms with Crippen LogP contribution in [0.2, 0.25) is 0 Å². The lowest BCUT2D eigenvalue weighted by molar-refractivity contribution is -0.143. The maximum absolute atomic E-state index is 12.6. The first-order chi connectivity index (χ1) is 15.3. The van der Waals surface area contributed by atoms with Crippen LogP contribution in [-0.4, -0.2) is 29.6 Å². The van der Waals surface area contributed by atoms with Crippen LogP contribution < -0.4 is 5.32 Å². The van der Waals surface area contributed by atoms with E-state index >= 15 is 0 Å². The van der Waals surface area contributed by atoms with Crippen molar-refractivity contribution < 1.29 is 27.5 Å². The van der Waals surface area contributed by atoms with Gasteiger partial charge in [-0.25, -0.2) is 0 Å². The van der Waals surface area contributed by atoms with Gasteiger partial charge < -0.3 is 14.6 Å². The highest BCUT2D eigenvalue weighted by Gasteiger charge is 2.29. The molecule has 0 bridgehead atoms. The molecule has 8 heteroatoms. The molecule has 0 atom stereocenters. The van der Waals surface area contributed by atoms with Crippen molar-refractivity contribution in [2.45, 2.75) is 26.1 Å². The molecular weight excluding hydrogens is 421 g/mol. The summed E-state index contributed by atoms with van der Waals surface area (Å²) in [5.41, 5.74) is 1.29. The van der Waals surface area contributed by atoms with Crippen molar-refractivity contribution >= 4 is 22.8 Å². The first-order valence-corrected chi connectivity index (χ1v) is 9.92. The molecule has 0 saturated heterocycles. The topological polar surface area (TPSA) is 60.3 Å². The molecule has 0 unspecified atom stereocenters. The molecular formula is C24H21F3N2O3. The van der Waals surface area contributed by atoms with E-state index in [9.17, 15) is 22.8 Å². The maximum atomic E-state index is 12.6. The molecule has 1 amide bonds. The van der Waals surface area contributed by atoms with E-state index in [4.69, 9.17) is 4.74 Å². The van der Waals surface area contributed by atoms with E-state index < -0.39 is 11.7 Å². The first kappa shape index (κ1) is 22.9. The van der Waals surface area contributed by atoms with Gasteiger partial charge in [-0.1, -0.05) is 24.0 Å². The highest BCUT2D eigenvalue weighted by Crippen LogP contribution is 2.28. The SMILES string of the molecule is CCOC(=O)Cn1ccc2ccc(CC(=O)NCC#Cc3ccc(C(F)(F)F)cc3)cc21. The molecule has 1 N–H and O–H groups in total. The van der Waals surface area contributed by atoms with E-state index in [1.165, 1.54) is 12.1 Å². The molecule has 0 fully saturated rings. The van der Waals surface area contributed by atoms with E-state index in [2.05, 4.69) is 17.2 Å². The summed E-state index contributed by atoms with van der Waals surface area (Å²) in [6.45, 7) is 2.22. The predicted octanol–water partition coefficient (Wildman–Crippen LogP) is 3.93. The molecule has 3 rings (SSSR count). The Balaban J connectivity index is 1.56. The van der Waals surface area contributed by atoms with Crippen molar-refractivity contribution in [3.8, 4) is 11.8 Å². The zero-order valence-corrected chi connectivity index (χ0v) is 17.3. The summed E-state index contributed by atoms with van der Waals surface area (Å²) < 4.78 is 44.4. The molecule has 0 radical (unpaired) electrons. The third-order valence-electron chi connectivity index (χ3n) is 4.63. The number of hydrogen-bond donors (Lipinski definition) is 1. The largest absolute Gasteiger partial charge is 0.465 e. The van der Waals surface area contributed by atoms with Gasteiger partial charge in [-0.3, -0.25) is 9.59 Å². The minimum atomic E-state index is -4.39. The van der Waals surface area contributed by atoms with Gasteiger partial charge in [-0.15, -0.1) is 0 Å². The van der Waals surface area contributed by atoms with Crippen LogP contribution in [0.1, 0.15) is 23.6 Å². The summed E-state index contributed by atoms with van der Waals surface area (Å²) in [6.07, 6.45) is -2.46. The molecule has 3 aromatic rings. The normalized spacial score (nSPS) is 11.0. The Labute approximate surface area is 183 Å². The zero-order chi connectivity index (χ0) is 23.1. The van der Waals surface area contributed by atoms with Crippen LogP contribution in [0.15, 0.2) is 54.7 Å². The van der Waals surface area contributed by atoms with Crippen molar-refractivity contribution in [3.63, 3.8) is 0 Å². The number of nitrogens with one attached hydrogen (secondary N) is 1. The number of ether oxygens (including phenoxy) is 1. The van der Waals surface area contributed by atoms with Crippen LogP contribution in [0.3, 0.4) is 0 Å². The van der Waals surface area contributed by atoms with Crippen LogP contribution in [0.25, 0.3) is 10.9 Å². The van der Waals surface area contributed by atoms with Crippen molar-refractivity contribution in [1.29, 1.82) is 0 Å². The number of alkyl halides is 3. The number of benzene rings is 2. The molecule has 0 aliphatic heterocycles. The second kappa shape index (κ2) is 10.1. The van der Waals surface area contributed by atoms with Gasteiger partial charge in [0.1, 0.15) is 6.54 Å². The molecule has 166 valence electrons. The molecule has 0 spiro atoms. The maximum Gasteiger partial charge on any atom is 0.416 e. The van der Waals surface area contributed by atoms with Crippen molar-refractivity contribution in [2.24, 2.45) is 0 Å². The lowest BCUT2D eigenvalue weighted by atomic mass is 10.1. The number of nitrogens with zero attached hydrogens (tertiary/aromatic N) is 1. The predicted molar refractivity (Wildman–Crippen MR) is 114 cm³/mol. The molecule has 0 aliphatic carbocycles. The van der Waals surface area contributed by atoms with Crippen LogP contribution in [0.4, 0.5) is 13.2 Å². The smallest absolute Gasteiger partial charge is 0.416 e. The van der Waals surface area contributed by atoms with E-state index in [1.807, 2.05) is 24.3 Å². The van der Waals surface area contributed by atoms with Crippen LogP contribution in [-0.2, 0) is 33.5 Å². The summed E-state index contributed by atoms with van der Waals surface area (Å²) in [4.78, 5) is 24.0. The molecule has 1 aromatic heterocycles. The molecule has 5 nitrogen and oxygen atoms in total. The lowest BCUT2D eigenvalue weighted by Gasteiger charge is -2.07. The van der Waals surface area contributed by atoms with Gasteiger partial charge in [0.15, 0.2) is 0 Å². The fourth-order valence-corrected chi connectivity index (χ4v) is 3.10. The Hall–Kier alpha value is -3.73. The summed E-state index contributed by atoms with van der Waals surface area (Å²) in [5.74, 6) is 4.87. The molecule has 0 saturated carbocycles. The number of halogens is 3. The van der Waals surface area contributed by atoms with Crippen LogP contribution >= 0.6 is 0 Å². The number of rotatable bonds is 6. The Kier molecular flexibility index (Phi) is 7.21. The van der Waals surface area contributed by atoms with Gasteiger partial charge in [0.25, 0.3) is 0 Å². The quantitative estimate of drug-likeness (QED) is 0.465. The standard InChI is InChI=1S/C24H21F3N2O3/c1-2-32-23(31)16-29-13-11-19-8-5-18(14-21(19)29)15-22(30)28-12-3-4-17-6-9-20(10-7-17)24(25,26)27/h5-11,13-14H,2,12,15-16H2,1H3,(H,28,30). The van der Waals surface area contributed by atoms with E-state index in [1.54, 1.807) is 17.7 Å². The second-order valence-electron chi connectivity index (χ2n) is 6.97. The average Bonchev–Trinajstić information content (AvgIpc) is 3.13. The summed E-state index contributed by atoms with van der Waals surface area (Å²) in [5, 5.41) is 3.61. The van der Waals surface area contributed by atoms with Crippen molar-refractivity contribution in [3.05, 3.63) is 71.4 Å². The third kappa shape index (κ3) is 6.14. The minimum Gasteiger partial charge on any atom is -0.465 e. The highest BCUT2D eigenvalue weighted by atomic mass is 19.4. The monoisotopic (exact) mass is 442 g/mol. The molecule has 0 aliphatic rings. The van der Waals surface area contributed by atoms with Gasteiger partial charge >= 0.3 is 12.1 Å². The Bertz CT molecular complexity index is 1170. The van der Waals surface area contributed by atoms with Gasteiger partial charge in [-0.2, -0.15) is 13.2 Å². The number of hydrogen-bond acceptors (Lipinski definition) is 3.